The van der Waals surface area contributed by atoms with Gasteiger partial charge in [-0.1, -0.05) is 11.3 Å². The lowest BCUT2D eigenvalue weighted by atomic mass is 10.6. The van der Waals surface area contributed by atoms with Gasteiger partial charge in [-0.3, -0.25) is 9.89 Å². The number of nitrogens with zero attached hydrogens (tertiary/aromatic N) is 1. The van der Waals surface area contributed by atoms with Crippen LogP contribution < -0.4 is 5.32 Å². The summed E-state index contributed by atoms with van der Waals surface area (Å²) in [7, 11) is 1.55. The molecule has 0 saturated carbocycles. The van der Waals surface area contributed by atoms with E-state index in [0.29, 0.717) is 8.96 Å². The van der Waals surface area contributed by atoms with E-state index in [9.17, 15) is 4.79 Å². The first-order valence-electron chi connectivity index (χ1n) is 2.51. The predicted molar refractivity (Wildman–Crippen MR) is 40.7 cm³/mol. The lowest BCUT2D eigenvalue weighted by Gasteiger charge is -1.88. The Kier molecular flexibility index (Phi) is 2.13. The zero-order valence-electron chi connectivity index (χ0n) is 5.17. The summed E-state index contributed by atoms with van der Waals surface area (Å²) in [5.41, 5.74) is 0. The summed E-state index contributed by atoms with van der Waals surface area (Å²) in [5.74, 6) is -0.211. The van der Waals surface area contributed by atoms with E-state index >= 15 is 0 Å². The molecule has 0 aliphatic carbocycles. The molecule has 0 unspecified atom stereocenters. The number of amides is 1. The highest BCUT2D eigenvalue weighted by atomic mass is 32.1. The number of H-pyrrole nitrogens is 1. The molecule has 0 atom stereocenters. The third-order valence-corrected chi connectivity index (χ3v) is 1.95. The van der Waals surface area contributed by atoms with Crippen LogP contribution in [0.4, 0.5) is 0 Å². The molecule has 1 rings (SSSR count). The van der Waals surface area contributed by atoms with Crippen molar-refractivity contribution in [2.45, 2.75) is 0 Å². The quantitative estimate of drug-likeness (QED) is 0.613. The van der Waals surface area contributed by atoms with E-state index in [4.69, 9.17) is 12.2 Å². The summed E-state index contributed by atoms with van der Waals surface area (Å²) in [5, 5.41) is 8.98. The number of carbonyl (C=O) groups is 1. The van der Waals surface area contributed by atoms with Crippen LogP contribution in [0.15, 0.2) is 0 Å². The Bertz CT molecular complexity index is 289. The lowest BCUT2D eigenvalue weighted by molar-refractivity contribution is 0.0962. The highest BCUT2D eigenvalue weighted by Crippen LogP contribution is 2.02. The Balaban J connectivity index is 2.95. The van der Waals surface area contributed by atoms with Crippen LogP contribution in [-0.4, -0.2) is 23.2 Å². The van der Waals surface area contributed by atoms with Crippen molar-refractivity contribution in [3.8, 4) is 0 Å². The fourth-order valence-corrected chi connectivity index (χ4v) is 1.27. The number of hydrogen-bond donors (Lipinski definition) is 2. The maximum Gasteiger partial charge on any atom is 0.281 e. The lowest BCUT2D eigenvalue weighted by Crippen LogP contribution is -2.17. The van der Waals surface area contributed by atoms with E-state index in [-0.39, 0.29) is 5.91 Å². The molecule has 0 aliphatic rings. The summed E-state index contributed by atoms with van der Waals surface area (Å²) in [6.45, 7) is 0. The summed E-state index contributed by atoms with van der Waals surface area (Å²) in [4.78, 5) is 10.8. The van der Waals surface area contributed by atoms with E-state index in [2.05, 4.69) is 15.5 Å². The topological polar surface area (TPSA) is 57.8 Å². The zero-order chi connectivity index (χ0) is 7.56. The molecule has 0 aromatic carbocycles. The average molecular weight is 175 g/mol. The molecule has 0 fully saturated rings. The van der Waals surface area contributed by atoms with Crippen LogP contribution in [0.5, 0.6) is 0 Å². The van der Waals surface area contributed by atoms with E-state index in [0.717, 1.165) is 11.3 Å². The van der Waals surface area contributed by atoms with Crippen LogP contribution in [0.2, 0.25) is 0 Å². The van der Waals surface area contributed by atoms with Crippen LogP contribution in [0.1, 0.15) is 9.80 Å². The maximum atomic E-state index is 10.8. The first-order chi connectivity index (χ1) is 4.74. The van der Waals surface area contributed by atoms with Gasteiger partial charge in [0.1, 0.15) is 0 Å². The molecule has 10 heavy (non-hydrogen) atoms. The first kappa shape index (κ1) is 7.36. The SMILES string of the molecule is CNC(=O)c1n[nH]c(=S)s1. The molecule has 0 aliphatic heterocycles. The van der Waals surface area contributed by atoms with Crippen LogP contribution in [-0.2, 0) is 0 Å². The highest BCUT2D eigenvalue weighted by Gasteiger charge is 2.05. The second-order valence-corrected chi connectivity index (χ2v) is 3.16. The Morgan fingerprint density at radius 2 is 2.60 bits per heavy atom. The van der Waals surface area contributed by atoms with Gasteiger partial charge in [-0.25, -0.2) is 0 Å². The third kappa shape index (κ3) is 1.39. The summed E-state index contributed by atoms with van der Waals surface area (Å²) < 4.78 is 0.513. The molecule has 0 spiro atoms. The average Bonchev–Trinajstić information content (AvgIpc) is 2.34. The van der Waals surface area contributed by atoms with Crippen LogP contribution in [0.3, 0.4) is 0 Å². The molecular weight excluding hydrogens is 170 g/mol. The molecular formula is C4H5N3OS2. The number of carbonyl (C=O) groups excluding carboxylic acids is 1. The fourth-order valence-electron chi connectivity index (χ4n) is 0.434. The number of hydrogen-bond acceptors (Lipinski definition) is 4. The van der Waals surface area contributed by atoms with Crippen molar-refractivity contribution < 1.29 is 4.79 Å². The van der Waals surface area contributed by atoms with E-state index in [1.165, 1.54) is 0 Å². The van der Waals surface area contributed by atoms with Crippen molar-refractivity contribution in [3.63, 3.8) is 0 Å². The first-order valence-corrected chi connectivity index (χ1v) is 3.74. The maximum absolute atomic E-state index is 10.8. The molecule has 0 radical (unpaired) electrons. The molecule has 6 heteroatoms. The molecule has 54 valence electrons. The highest BCUT2D eigenvalue weighted by molar-refractivity contribution is 7.73. The molecule has 1 aromatic heterocycles. The molecule has 4 nitrogen and oxygen atoms in total. The van der Waals surface area contributed by atoms with E-state index in [1.807, 2.05) is 0 Å². The molecule has 1 aromatic rings. The second kappa shape index (κ2) is 2.89. The molecule has 1 amide bonds. The summed E-state index contributed by atoms with van der Waals surface area (Å²) in [6.07, 6.45) is 0. The van der Waals surface area contributed by atoms with Gasteiger partial charge < -0.3 is 5.32 Å². The molecule has 0 bridgehead atoms. The van der Waals surface area contributed by atoms with Gasteiger partial charge in [0.15, 0.2) is 3.95 Å². The van der Waals surface area contributed by atoms with Crippen molar-refractivity contribution in [1.82, 2.24) is 15.5 Å². The van der Waals surface area contributed by atoms with Crippen molar-refractivity contribution in [2.24, 2.45) is 0 Å². The van der Waals surface area contributed by atoms with Crippen LogP contribution in [0.25, 0.3) is 0 Å². The fraction of sp³-hybridized carbons (Fsp3) is 0.250. The number of aromatic nitrogens is 2. The van der Waals surface area contributed by atoms with Gasteiger partial charge in [0.2, 0.25) is 5.01 Å². The minimum Gasteiger partial charge on any atom is -0.353 e. The van der Waals surface area contributed by atoms with Gasteiger partial charge in [0.25, 0.3) is 5.91 Å². The largest absolute Gasteiger partial charge is 0.353 e. The smallest absolute Gasteiger partial charge is 0.281 e. The predicted octanol–water partition coefficient (Wildman–Crippen LogP) is 0.560. The van der Waals surface area contributed by atoms with E-state index < -0.39 is 0 Å². The molecule has 2 N–H and O–H groups in total. The Morgan fingerprint density at radius 3 is 3.00 bits per heavy atom. The van der Waals surface area contributed by atoms with Crippen molar-refractivity contribution in [2.75, 3.05) is 7.05 Å². The van der Waals surface area contributed by atoms with Gasteiger partial charge in [-0.05, 0) is 12.2 Å². The normalized spacial score (nSPS) is 9.30. The van der Waals surface area contributed by atoms with Gasteiger partial charge in [-0.15, -0.1) is 0 Å². The van der Waals surface area contributed by atoms with Crippen molar-refractivity contribution in [3.05, 3.63) is 8.96 Å². The molecule has 1 heterocycles. The third-order valence-electron chi connectivity index (χ3n) is 0.859. The van der Waals surface area contributed by atoms with Gasteiger partial charge in [-0.2, -0.15) is 5.10 Å². The molecule has 0 saturated heterocycles. The monoisotopic (exact) mass is 175 g/mol. The standard InChI is InChI=1S/C4H5N3OS2/c1-5-2(8)3-6-7-4(9)10-3/h1H3,(H,5,8)(H,7,9). The van der Waals surface area contributed by atoms with Gasteiger partial charge >= 0.3 is 0 Å². The van der Waals surface area contributed by atoms with Crippen molar-refractivity contribution in [1.29, 1.82) is 0 Å². The number of aromatic amines is 1. The number of nitrogens with one attached hydrogen (secondary N) is 2. The minimum absolute atomic E-state index is 0.211. The van der Waals surface area contributed by atoms with Gasteiger partial charge in [0.05, 0.1) is 0 Å². The second-order valence-electron chi connectivity index (χ2n) is 1.50. The van der Waals surface area contributed by atoms with Crippen LogP contribution >= 0.6 is 23.6 Å². The van der Waals surface area contributed by atoms with E-state index in [1.54, 1.807) is 7.05 Å². The summed E-state index contributed by atoms with van der Waals surface area (Å²) >= 11 is 5.88. The number of rotatable bonds is 1. The van der Waals surface area contributed by atoms with Gasteiger partial charge in [0, 0.05) is 7.05 Å². The minimum atomic E-state index is -0.211. The summed E-state index contributed by atoms with van der Waals surface area (Å²) in [6, 6.07) is 0. The Labute approximate surface area is 66.3 Å². The zero-order valence-corrected chi connectivity index (χ0v) is 6.80. The Hall–Kier alpha value is -0.750. The van der Waals surface area contributed by atoms with Crippen LogP contribution in [0, 0.1) is 3.95 Å². The Morgan fingerprint density at radius 1 is 1.90 bits per heavy atom. The van der Waals surface area contributed by atoms with Crippen molar-refractivity contribution >= 4 is 29.5 Å².